The maximum absolute atomic E-state index is 12.1. The molecule has 1 aromatic heterocycles. The minimum Gasteiger partial charge on any atom is -0.351 e. The summed E-state index contributed by atoms with van der Waals surface area (Å²) >= 11 is 0. The second kappa shape index (κ2) is 7.71. The van der Waals surface area contributed by atoms with Gasteiger partial charge in [0, 0.05) is 43.2 Å². The van der Waals surface area contributed by atoms with Crippen LogP contribution in [-0.4, -0.2) is 55.0 Å². The fourth-order valence-electron chi connectivity index (χ4n) is 2.20. The molecule has 0 unspecified atom stereocenters. The van der Waals surface area contributed by atoms with Crippen molar-refractivity contribution in [2.24, 2.45) is 0 Å². The predicted octanol–water partition coefficient (Wildman–Crippen LogP) is 1.38. The van der Waals surface area contributed by atoms with Crippen LogP contribution in [0.5, 0.6) is 0 Å². The van der Waals surface area contributed by atoms with E-state index in [1.54, 1.807) is 24.3 Å². The molecule has 2 aromatic rings. The molecular weight excluding hydrogens is 340 g/mol. The third kappa shape index (κ3) is 5.07. The van der Waals surface area contributed by atoms with Crippen molar-refractivity contribution in [2.45, 2.75) is 13.8 Å². The molecule has 0 radical (unpaired) electrons. The summed E-state index contributed by atoms with van der Waals surface area (Å²) in [6.45, 7) is 3.87. The summed E-state index contributed by atoms with van der Waals surface area (Å²) in [5.41, 5.74) is 3.03. The lowest BCUT2D eigenvalue weighted by Crippen LogP contribution is -2.33. The molecule has 0 aliphatic carbocycles. The largest absolute Gasteiger partial charge is 0.351 e. The van der Waals surface area contributed by atoms with Crippen molar-refractivity contribution >= 4 is 15.9 Å². The summed E-state index contributed by atoms with van der Waals surface area (Å²) in [4.78, 5) is 20.9. The zero-order chi connectivity index (χ0) is 18.6. The Balaban J connectivity index is 2.03. The maximum atomic E-state index is 12.1. The van der Waals surface area contributed by atoms with Crippen LogP contribution >= 0.6 is 0 Å². The monoisotopic (exact) mass is 362 g/mol. The zero-order valence-corrected chi connectivity index (χ0v) is 15.6. The number of hydrogen-bond donors (Lipinski definition) is 1. The minimum atomic E-state index is -3.32. The number of nitrogens with zero attached hydrogens (tertiary/aromatic N) is 3. The van der Waals surface area contributed by atoms with Crippen molar-refractivity contribution in [3.8, 4) is 11.4 Å². The highest BCUT2D eigenvalue weighted by Crippen LogP contribution is 2.16. The highest BCUT2D eigenvalue weighted by Gasteiger charge is 2.14. The van der Waals surface area contributed by atoms with Crippen molar-refractivity contribution in [1.82, 2.24) is 19.6 Å². The van der Waals surface area contributed by atoms with Gasteiger partial charge in [-0.1, -0.05) is 12.1 Å². The molecule has 0 aliphatic rings. The van der Waals surface area contributed by atoms with Crippen LogP contribution in [0.4, 0.5) is 0 Å². The second-order valence-electron chi connectivity index (χ2n) is 5.91. The SMILES string of the molecule is Cc1cc(C)nc(-c2ccc(C(=O)NCCS(=O)(=O)N(C)C)cc2)n1. The van der Waals surface area contributed by atoms with Crippen LogP contribution in [0.1, 0.15) is 21.7 Å². The van der Waals surface area contributed by atoms with Gasteiger partial charge < -0.3 is 5.32 Å². The number of carbonyl (C=O) groups excluding carboxylic acids is 1. The zero-order valence-electron chi connectivity index (χ0n) is 14.8. The van der Waals surface area contributed by atoms with Gasteiger partial charge in [0.05, 0.1) is 5.75 Å². The molecule has 0 saturated carbocycles. The Bertz CT molecular complexity index is 842. The van der Waals surface area contributed by atoms with E-state index in [0.29, 0.717) is 11.4 Å². The molecule has 0 aliphatic heterocycles. The maximum Gasteiger partial charge on any atom is 0.251 e. The highest BCUT2D eigenvalue weighted by molar-refractivity contribution is 7.89. The lowest BCUT2D eigenvalue weighted by molar-refractivity contribution is 0.0956. The van der Waals surface area contributed by atoms with Gasteiger partial charge in [0.1, 0.15) is 0 Å². The Labute approximate surface area is 148 Å². The molecule has 0 saturated heterocycles. The number of sulfonamides is 1. The van der Waals surface area contributed by atoms with Crippen LogP contribution in [0.2, 0.25) is 0 Å². The van der Waals surface area contributed by atoms with E-state index >= 15 is 0 Å². The van der Waals surface area contributed by atoms with Crippen LogP contribution in [0, 0.1) is 13.8 Å². The van der Waals surface area contributed by atoms with Crippen molar-refractivity contribution < 1.29 is 13.2 Å². The lowest BCUT2D eigenvalue weighted by Gasteiger charge is -2.11. The first kappa shape index (κ1) is 19.0. The molecule has 7 nitrogen and oxygen atoms in total. The van der Waals surface area contributed by atoms with Gasteiger partial charge in [-0.15, -0.1) is 0 Å². The summed E-state index contributed by atoms with van der Waals surface area (Å²) in [7, 11) is -0.398. The Hall–Kier alpha value is -2.32. The molecule has 1 N–H and O–H groups in total. The Morgan fingerprint density at radius 3 is 2.16 bits per heavy atom. The smallest absolute Gasteiger partial charge is 0.251 e. The van der Waals surface area contributed by atoms with Gasteiger partial charge in [-0.3, -0.25) is 4.79 Å². The van der Waals surface area contributed by atoms with Crippen LogP contribution < -0.4 is 5.32 Å². The Morgan fingerprint density at radius 2 is 1.64 bits per heavy atom. The topological polar surface area (TPSA) is 92.3 Å². The van der Waals surface area contributed by atoms with E-state index in [4.69, 9.17) is 0 Å². The van der Waals surface area contributed by atoms with Gasteiger partial charge >= 0.3 is 0 Å². The summed E-state index contributed by atoms with van der Waals surface area (Å²) in [6, 6.07) is 8.80. The van der Waals surface area contributed by atoms with Crippen LogP contribution in [0.3, 0.4) is 0 Å². The average Bonchev–Trinajstić information content (AvgIpc) is 2.53. The first-order chi connectivity index (χ1) is 11.7. The molecule has 1 heterocycles. The molecule has 25 heavy (non-hydrogen) atoms. The van der Waals surface area contributed by atoms with Crippen molar-refractivity contribution in [1.29, 1.82) is 0 Å². The normalized spacial score (nSPS) is 11.6. The molecule has 0 fully saturated rings. The standard InChI is InChI=1S/C17H22N4O3S/c1-12-11-13(2)20-16(19-12)14-5-7-15(8-6-14)17(22)18-9-10-25(23,24)21(3)4/h5-8,11H,9-10H2,1-4H3,(H,18,22). The average molecular weight is 362 g/mol. The first-order valence-electron chi connectivity index (χ1n) is 7.80. The van der Waals surface area contributed by atoms with Gasteiger partial charge in [0.25, 0.3) is 5.91 Å². The molecule has 134 valence electrons. The van der Waals surface area contributed by atoms with Crippen molar-refractivity contribution in [3.05, 3.63) is 47.3 Å². The molecule has 0 atom stereocenters. The van der Waals surface area contributed by atoms with Crippen molar-refractivity contribution in [2.75, 3.05) is 26.4 Å². The molecular formula is C17H22N4O3S. The van der Waals surface area contributed by atoms with Crippen LogP contribution in [0.25, 0.3) is 11.4 Å². The molecule has 0 bridgehead atoms. The summed E-state index contributed by atoms with van der Waals surface area (Å²) in [5, 5.41) is 2.61. The van der Waals surface area contributed by atoms with Crippen LogP contribution in [0.15, 0.2) is 30.3 Å². The number of hydrogen-bond acceptors (Lipinski definition) is 5. The van der Waals surface area contributed by atoms with Crippen molar-refractivity contribution in [3.63, 3.8) is 0 Å². The third-order valence-corrected chi connectivity index (χ3v) is 5.42. The van der Waals surface area contributed by atoms with E-state index in [0.717, 1.165) is 21.3 Å². The fraction of sp³-hybridized carbons (Fsp3) is 0.353. The fourth-order valence-corrected chi connectivity index (χ4v) is 2.93. The van der Waals surface area contributed by atoms with E-state index in [2.05, 4.69) is 15.3 Å². The number of amides is 1. The number of rotatable bonds is 6. The predicted molar refractivity (Wildman–Crippen MR) is 96.7 cm³/mol. The van der Waals surface area contributed by atoms with Gasteiger partial charge in [0.15, 0.2) is 5.82 Å². The second-order valence-corrected chi connectivity index (χ2v) is 8.21. The summed E-state index contributed by atoms with van der Waals surface area (Å²) < 4.78 is 24.5. The molecule has 1 amide bonds. The Kier molecular flexibility index (Phi) is 5.86. The third-order valence-electron chi connectivity index (χ3n) is 3.59. The lowest BCUT2D eigenvalue weighted by atomic mass is 10.1. The van der Waals surface area contributed by atoms with E-state index in [-0.39, 0.29) is 18.2 Å². The van der Waals surface area contributed by atoms with Gasteiger partial charge in [-0.2, -0.15) is 0 Å². The minimum absolute atomic E-state index is 0.0568. The Morgan fingerprint density at radius 1 is 1.08 bits per heavy atom. The first-order valence-corrected chi connectivity index (χ1v) is 9.41. The number of carbonyl (C=O) groups is 1. The molecule has 1 aromatic carbocycles. The molecule has 0 spiro atoms. The van der Waals surface area contributed by atoms with Gasteiger partial charge in [-0.05, 0) is 32.0 Å². The number of nitrogens with one attached hydrogen (secondary N) is 1. The van der Waals surface area contributed by atoms with E-state index in [9.17, 15) is 13.2 Å². The molecule has 2 rings (SSSR count). The number of benzene rings is 1. The van der Waals surface area contributed by atoms with Gasteiger partial charge in [-0.25, -0.2) is 22.7 Å². The van der Waals surface area contributed by atoms with E-state index in [1.165, 1.54) is 14.1 Å². The summed E-state index contributed by atoms with van der Waals surface area (Å²) in [6.07, 6.45) is 0. The number of aryl methyl sites for hydroxylation is 2. The summed E-state index contributed by atoms with van der Waals surface area (Å²) in [5.74, 6) is 0.156. The highest BCUT2D eigenvalue weighted by atomic mass is 32.2. The van der Waals surface area contributed by atoms with E-state index < -0.39 is 10.0 Å². The van der Waals surface area contributed by atoms with Crippen LogP contribution in [-0.2, 0) is 10.0 Å². The quantitative estimate of drug-likeness (QED) is 0.838. The number of aromatic nitrogens is 2. The molecule has 8 heteroatoms. The van der Waals surface area contributed by atoms with E-state index in [1.807, 2.05) is 19.9 Å². The van der Waals surface area contributed by atoms with Gasteiger partial charge in [0.2, 0.25) is 10.0 Å².